The fourth-order valence-electron chi connectivity index (χ4n) is 2.39. The zero-order valence-electron chi connectivity index (χ0n) is 12.3. The van der Waals surface area contributed by atoms with Gasteiger partial charge in [0.15, 0.2) is 0 Å². The summed E-state index contributed by atoms with van der Waals surface area (Å²) in [6.07, 6.45) is 3.47. The number of aliphatic imine (C=N–C) groups is 1. The molecule has 6 heteroatoms. The number of nitrogens with two attached hydrogens (primary N) is 1. The van der Waals surface area contributed by atoms with Crippen molar-refractivity contribution < 1.29 is 4.74 Å². The van der Waals surface area contributed by atoms with Crippen molar-refractivity contribution in [3.05, 3.63) is 0 Å². The Morgan fingerprint density at radius 3 is 3.00 bits per heavy atom. The molecule has 1 rings (SSSR count). The molecule has 1 aliphatic heterocycles. The molecule has 0 saturated carbocycles. The summed E-state index contributed by atoms with van der Waals surface area (Å²) < 4.78 is 5.28. The lowest BCUT2D eigenvalue weighted by atomic mass is 10.2. The Balaban J connectivity index is 2.23. The molecule has 19 heavy (non-hydrogen) atoms. The predicted molar refractivity (Wildman–Crippen MR) is 79.0 cm³/mol. The van der Waals surface area contributed by atoms with Gasteiger partial charge in [-0.25, -0.2) is 5.84 Å². The van der Waals surface area contributed by atoms with Crippen LogP contribution in [0.1, 0.15) is 33.1 Å². The molecule has 1 saturated heterocycles. The molecule has 0 spiro atoms. The van der Waals surface area contributed by atoms with Gasteiger partial charge in [0.25, 0.3) is 0 Å². The average Bonchev–Trinajstić information content (AvgIpc) is 2.89. The summed E-state index contributed by atoms with van der Waals surface area (Å²) in [7, 11) is 0. The van der Waals surface area contributed by atoms with Crippen LogP contribution in [0.15, 0.2) is 4.99 Å². The van der Waals surface area contributed by atoms with Crippen LogP contribution in [0.5, 0.6) is 0 Å². The Morgan fingerprint density at radius 2 is 2.32 bits per heavy atom. The molecule has 0 radical (unpaired) electrons. The van der Waals surface area contributed by atoms with Gasteiger partial charge in [0, 0.05) is 25.8 Å². The molecule has 1 atom stereocenters. The van der Waals surface area contributed by atoms with Crippen LogP contribution in [0, 0.1) is 0 Å². The topological polar surface area (TPSA) is 74.9 Å². The lowest BCUT2D eigenvalue weighted by Gasteiger charge is -2.21. The molecule has 0 aromatic carbocycles. The minimum Gasteiger partial charge on any atom is -0.382 e. The van der Waals surface area contributed by atoms with Gasteiger partial charge >= 0.3 is 0 Å². The molecule has 1 fully saturated rings. The number of nitrogens with zero attached hydrogens (tertiary/aromatic N) is 2. The van der Waals surface area contributed by atoms with Crippen LogP contribution in [-0.2, 0) is 4.74 Å². The number of likely N-dealkylation sites (N-methyl/N-ethyl adjacent to an activating group) is 1. The fourth-order valence-corrected chi connectivity index (χ4v) is 2.39. The van der Waals surface area contributed by atoms with Crippen molar-refractivity contribution in [2.75, 3.05) is 39.4 Å². The molecule has 0 bridgehead atoms. The molecule has 1 heterocycles. The van der Waals surface area contributed by atoms with Crippen molar-refractivity contribution in [2.24, 2.45) is 10.8 Å². The van der Waals surface area contributed by atoms with Gasteiger partial charge in [-0.1, -0.05) is 6.92 Å². The van der Waals surface area contributed by atoms with Gasteiger partial charge in [-0.3, -0.25) is 15.3 Å². The zero-order chi connectivity index (χ0) is 13.9. The maximum Gasteiger partial charge on any atom is 0.205 e. The second-order valence-electron chi connectivity index (χ2n) is 4.74. The Hall–Kier alpha value is -0.850. The predicted octanol–water partition coefficient (Wildman–Crippen LogP) is 0.306. The number of rotatable bonds is 8. The van der Waals surface area contributed by atoms with Crippen molar-refractivity contribution in [2.45, 2.75) is 39.2 Å². The first-order valence-corrected chi connectivity index (χ1v) is 7.38. The van der Waals surface area contributed by atoms with Gasteiger partial charge in [0.1, 0.15) is 0 Å². The Kier molecular flexibility index (Phi) is 8.53. The lowest BCUT2D eigenvalue weighted by Crippen LogP contribution is -2.43. The van der Waals surface area contributed by atoms with E-state index in [1.165, 1.54) is 19.4 Å². The third-order valence-corrected chi connectivity index (χ3v) is 3.46. The van der Waals surface area contributed by atoms with Crippen LogP contribution in [-0.4, -0.2) is 56.3 Å². The minimum absolute atomic E-state index is 0.568. The SMILES string of the molecule is CCOCCCNC(=NCC1CCCN1CC)NN. The lowest BCUT2D eigenvalue weighted by molar-refractivity contribution is 0.145. The minimum atomic E-state index is 0.568. The number of guanidine groups is 1. The van der Waals surface area contributed by atoms with E-state index in [2.05, 4.69) is 27.6 Å². The number of hydrogen-bond donors (Lipinski definition) is 3. The molecule has 6 nitrogen and oxygen atoms in total. The van der Waals surface area contributed by atoms with E-state index >= 15 is 0 Å². The zero-order valence-corrected chi connectivity index (χ0v) is 12.3. The molecule has 4 N–H and O–H groups in total. The highest BCUT2D eigenvalue weighted by atomic mass is 16.5. The summed E-state index contributed by atoms with van der Waals surface area (Å²) in [6, 6.07) is 0.568. The third-order valence-electron chi connectivity index (χ3n) is 3.46. The van der Waals surface area contributed by atoms with Crippen LogP contribution in [0.4, 0.5) is 0 Å². The van der Waals surface area contributed by atoms with Crippen LogP contribution in [0.25, 0.3) is 0 Å². The standard InChI is InChI=1S/C13H29N5O/c1-3-18-9-5-7-12(18)11-16-13(17-14)15-8-6-10-19-4-2/h12H,3-11,14H2,1-2H3,(H2,15,16,17). The van der Waals surface area contributed by atoms with E-state index in [1.807, 2.05) is 6.92 Å². The van der Waals surface area contributed by atoms with Crippen LogP contribution in [0.3, 0.4) is 0 Å². The largest absolute Gasteiger partial charge is 0.382 e. The third kappa shape index (κ3) is 6.22. The van der Waals surface area contributed by atoms with Gasteiger partial charge in [0.05, 0.1) is 6.54 Å². The second kappa shape index (κ2) is 10.00. The summed E-state index contributed by atoms with van der Waals surface area (Å²) in [4.78, 5) is 7.01. The van der Waals surface area contributed by atoms with Crippen LogP contribution in [0.2, 0.25) is 0 Å². The van der Waals surface area contributed by atoms with Crippen molar-refractivity contribution in [3.8, 4) is 0 Å². The number of hydrogen-bond acceptors (Lipinski definition) is 4. The van der Waals surface area contributed by atoms with Crippen LogP contribution >= 0.6 is 0 Å². The van der Waals surface area contributed by atoms with Gasteiger partial charge in [-0.05, 0) is 39.3 Å². The number of hydrazine groups is 1. The number of likely N-dealkylation sites (tertiary alicyclic amines) is 1. The number of nitrogens with one attached hydrogen (secondary N) is 2. The van der Waals surface area contributed by atoms with E-state index in [1.54, 1.807) is 0 Å². The fraction of sp³-hybridized carbons (Fsp3) is 0.923. The van der Waals surface area contributed by atoms with E-state index in [0.29, 0.717) is 12.0 Å². The summed E-state index contributed by atoms with van der Waals surface area (Å²) in [5.41, 5.74) is 2.63. The highest BCUT2D eigenvalue weighted by Gasteiger charge is 2.22. The normalized spacial score (nSPS) is 20.8. The Labute approximate surface area is 116 Å². The molecule has 1 aliphatic rings. The van der Waals surface area contributed by atoms with E-state index in [0.717, 1.165) is 39.3 Å². The molecule has 0 aromatic heterocycles. The first kappa shape index (κ1) is 16.2. The molecule has 0 aromatic rings. The van der Waals surface area contributed by atoms with Crippen molar-refractivity contribution in [3.63, 3.8) is 0 Å². The summed E-state index contributed by atoms with van der Waals surface area (Å²) in [5.74, 6) is 6.16. The van der Waals surface area contributed by atoms with Crippen molar-refractivity contribution in [1.82, 2.24) is 15.6 Å². The van der Waals surface area contributed by atoms with Crippen molar-refractivity contribution in [1.29, 1.82) is 0 Å². The molecule has 112 valence electrons. The maximum atomic E-state index is 5.48. The van der Waals surface area contributed by atoms with E-state index in [9.17, 15) is 0 Å². The van der Waals surface area contributed by atoms with Crippen LogP contribution < -0.4 is 16.6 Å². The second-order valence-corrected chi connectivity index (χ2v) is 4.74. The summed E-state index contributed by atoms with van der Waals surface area (Å²) in [5, 5.41) is 3.20. The first-order chi connectivity index (χ1) is 9.31. The molecular weight excluding hydrogens is 242 g/mol. The molecule has 1 unspecified atom stereocenters. The van der Waals surface area contributed by atoms with Gasteiger partial charge < -0.3 is 10.1 Å². The average molecular weight is 271 g/mol. The molecular formula is C13H29N5O. The molecule has 0 aliphatic carbocycles. The summed E-state index contributed by atoms with van der Waals surface area (Å²) in [6.45, 7) is 9.69. The maximum absolute atomic E-state index is 5.48. The highest BCUT2D eigenvalue weighted by Crippen LogP contribution is 2.16. The smallest absolute Gasteiger partial charge is 0.205 e. The van der Waals surface area contributed by atoms with Gasteiger partial charge in [-0.2, -0.15) is 0 Å². The quantitative estimate of drug-likeness (QED) is 0.195. The van der Waals surface area contributed by atoms with E-state index in [-0.39, 0.29) is 0 Å². The Morgan fingerprint density at radius 1 is 1.47 bits per heavy atom. The van der Waals surface area contributed by atoms with E-state index < -0.39 is 0 Å². The van der Waals surface area contributed by atoms with E-state index in [4.69, 9.17) is 10.6 Å². The van der Waals surface area contributed by atoms with Crippen molar-refractivity contribution >= 4 is 5.96 Å². The Bertz CT molecular complexity index is 259. The van der Waals surface area contributed by atoms with Gasteiger partial charge in [-0.15, -0.1) is 0 Å². The monoisotopic (exact) mass is 271 g/mol. The highest BCUT2D eigenvalue weighted by molar-refractivity contribution is 5.79. The molecule has 0 amide bonds. The number of ether oxygens (including phenoxy) is 1. The first-order valence-electron chi connectivity index (χ1n) is 7.38. The van der Waals surface area contributed by atoms with Gasteiger partial charge in [0.2, 0.25) is 5.96 Å². The summed E-state index contributed by atoms with van der Waals surface area (Å²) >= 11 is 0.